The summed E-state index contributed by atoms with van der Waals surface area (Å²) in [5, 5.41) is 11.9. The Hall–Kier alpha value is -2.21. The first kappa shape index (κ1) is 18.1. The van der Waals surface area contributed by atoms with Gasteiger partial charge in [-0.3, -0.25) is 9.59 Å². The van der Waals surface area contributed by atoms with Gasteiger partial charge in [0.2, 0.25) is 5.91 Å². The summed E-state index contributed by atoms with van der Waals surface area (Å²) in [6, 6.07) is 9.38. The predicted octanol–water partition coefficient (Wildman–Crippen LogP) is 3.10. The fourth-order valence-electron chi connectivity index (χ4n) is 2.20. The summed E-state index contributed by atoms with van der Waals surface area (Å²) in [6.45, 7) is 6.18. The number of thiazole rings is 1. The molecule has 0 saturated carbocycles. The molecule has 1 aromatic heterocycles. The van der Waals surface area contributed by atoms with Crippen LogP contribution in [0.3, 0.4) is 0 Å². The Morgan fingerprint density at radius 1 is 1.21 bits per heavy atom. The lowest BCUT2D eigenvalue weighted by atomic mass is 9.98. The van der Waals surface area contributed by atoms with Crippen molar-refractivity contribution in [1.29, 1.82) is 0 Å². The molecule has 0 saturated heterocycles. The zero-order valence-electron chi connectivity index (χ0n) is 14.2. The van der Waals surface area contributed by atoms with Crippen molar-refractivity contribution in [2.75, 3.05) is 6.54 Å². The third kappa shape index (κ3) is 5.16. The van der Waals surface area contributed by atoms with Crippen LogP contribution in [-0.2, 0) is 28.0 Å². The quantitative estimate of drug-likeness (QED) is 0.872. The van der Waals surface area contributed by atoms with Crippen molar-refractivity contribution in [1.82, 2.24) is 9.88 Å². The minimum absolute atomic E-state index is 0.0588. The normalized spacial score (nSPS) is 11.3. The molecular weight excluding hydrogens is 324 g/mol. The number of rotatable bonds is 6. The lowest BCUT2D eigenvalue weighted by Gasteiger charge is -2.20. The van der Waals surface area contributed by atoms with E-state index in [0.717, 1.165) is 10.6 Å². The molecule has 0 aliphatic rings. The lowest BCUT2D eigenvalue weighted by Crippen LogP contribution is -2.36. The van der Waals surface area contributed by atoms with Crippen molar-refractivity contribution in [3.8, 4) is 0 Å². The van der Waals surface area contributed by atoms with Crippen LogP contribution in [0, 0.1) is 0 Å². The van der Waals surface area contributed by atoms with E-state index in [-0.39, 0.29) is 30.8 Å². The molecule has 0 bridgehead atoms. The number of amides is 1. The number of carboxylic acids is 1. The molecule has 6 heteroatoms. The average molecular weight is 346 g/mol. The Bertz CT molecular complexity index is 705. The second kappa shape index (κ2) is 7.57. The van der Waals surface area contributed by atoms with Crippen LogP contribution in [0.2, 0.25) is 0 Å². The van der Waals surface area contributed by atoms with Gasteiger partial charge in [0.1, 0.15) is 6.54 Å². The number of hydrogen-bond donors (Lipinski definition) is 1. The van der Waals surface area contributed by atoms with E-state index in [1.165, 1.54) is 16.2 Å². The third-order valence-electron chi connectivity index (χ3n) is 3.42. The predicted molar refractivity (Wildman–Crippen MR) is 94.0 cm³/mol. The van der Waals surface area contributed by atoms with Gasteiger partial charge in [-0.25, -0.2) is 4.98 Å². The summed E-state index contributed by atoms with van der Waals surface area (Å²) in [6.07, 6.45) is 0.118. The van der Waals surface area contributed by atoms with Crippen molar-refractivity contribution in [2.45, 2.75) is 39.2 Å². The summed E-state index contributed by atoms with van der Waals surface area (Å²) < 4.78 is 0. The highest BCUT2D eigenvalue weighted by atomic mass is 32.1. The fraction of sp³-hybridized carbons (Fsp3) is 0.389. The van der Waals surface area contributed by atoms with E-state index in [2.05, 4.69) is 25.8 Å². The van der Waals surface area contributed by atoms with Gasteiger partial charge < -0.3 is 10.0 Å². The van der Waals surface area contributed by atoms with E-state index < -0.39 is 5.97 Å². The minimum Gasteiger partial charge on any atom is -0.480 e. The number of benzene rings is 1. The molecule has 1 heterocycles. The first-order valence-corrected chi connectivity index (χ1v) is 8.62. The molecule has 0 aliphatic heterocycles. The molecule has 0 fully saturated rings. The van der Waals surface area contributed by atoms with Gasteiger partial charge in [0, 0.05) is 17.3 Å². The van der Waals surface area contributed by atoms with Gasteiger partial charge in [-0.05, 0) is 5.56 Å². The van der Waals surface area contributed by atoms with Gasteiger partial charge in [0.25, 0.3) is 0 Å². The van der Waals surface area contributed by atoms with Gasteiger partial charge in [-0.15, -0.1) is 11.3 Å². The van der Waals surface area contributed by atoms with Crippen LogP contribution in [0.5, 0.6) is 0 Å². The van der Waals surface area contributed by atoms with E-state index in [1.54, 1.807) is 0 Å². The molecule has 2 rings (SSSR count). The van der Waals surface area contributed by atoms with Crippen molar-refractivity contribution < 1.29 is 14.7 Å². The number of carboxylic acid groups (broad SMARTS) is 1. The first-order chi connectivity index (χ1) is 11.3. The summed E-state index contributed by atoms with van der Waals surface area (Å²) in [5.74, 6) is -1.25. The maximum absolute atomic E-state index is 12.5. The van der Waals surface area contributed by atoms with Crippen LogP contribution in [0.4, 0.5) is 0 Å². The number of nitrogens with zero attached hydrogens (tertiary/aromatic N) is 2. The van der Waals surface area contributed by atoms with Gasteiger partial charge in [-0.2, -0.15) is 0 Å². The van der Waals surface area contributed by atoms with Gasteiger partial charge in [-0.1, -0.05) is 51.1 Å². The SMILES string of the molecule is CC(C)(C)c1nc(CC(=O)N(CC(=O)O)Cc2ccccc2)cs1. The topological polar surface area (TPSA) is 70.5 Å². The number of aromatic nitrogens is 1. The van der Waals surface area contributed by atoms with Crippen LogP contribution >= 0.6 is 11.3 Å². The van der Waals surface area contributed by atoms with Crippen molar-refractivity contribution in [3.63, 3.8) is 0 Å². The molecular formula is C18H22N2O3S. The van der Waals surface area contributed by atoms with E-state index in [9.17, 15) is 9.59 Å². The molecule has 0 unspecified atom stereocenters. The van der Waals surface area contributed by atoms with Crippen molar-refractivity contribution >= 4 is 23.2 Å². The van der Waals surface area contributed by atoms with Crippen LogP contribution in [-0.4, -0.2) is 33.4 Å². The fourth-order valence-corrected chi connectivity index (χ4v) is 3.11. The second-order valence-corrected chi connectivity index (χ2v) is 7.56. The number of aliphatic carboxylic acids is 1. The number of carbonyl (C=O) groups is 2. The van der Waals surface area contributed by atoms with Gasteiger partial charge in [0.15, 0.2) is 0 Å². The van der Waals surface area contributed by atoms with E-state index in [0.29, 0.717) is 5.69 Å². The zero-order valence-corrected chi connectivity index (χ0v) is 15.0. The first-order valence-electron chi connectivity index (χ1n) is 7.74. The maximum Gasteiger partial charge on any atom is 0.323 e. The Balaban J connectivity index is 2.10. The molecule has 24 heavy (non-hydrogen) atoms. The highest BCUT2D eigenvalue weighted by Gasteiger charge is 2.21. The lowest BCUT2D eigenvalue weighted by molar-refractivity contribution is -0.144. The Kier molecular flexibility index (Phi) is 5.72. The highest BCUT2D eigenvalue weighted by Crippen LogP contribution is 2.25. The average Bonchev–Trinajstić information content (AvgIpc) is 2.96. The maximum atomic E-state index is 12.5. The summed E-state index contributed by atoms with van der Waals surface area (Å²) in [4.78, 5) is 29.5. The third-order valence-corrected chi connectivity index (χ3v) is 4.74. The summed E-state index contributed by atoms with van der Waals surface area (Å²) in [5.41, 5.74) is 1.54. The molecule has 1 amide bonds. The van der Waals surface area contributed by atoms with Crippen LogP contribution in [0.15, 0.2) is 35.7 Å². The van der Waals surface area contributed by atoms with Crippen molar-refractivity contribution in [3.05, 3.63) is 52.0 Å². The smallest absolute Gasteiger partial charge is 0.323 e. The summed E-state index contributed by atoms with van der Waals surface area (Å²) in [7, 11) is 0. The molecule has 1 aromatic carbocycles. The molecule has 0 spiro atoms. The van der Waals surface area contributed by atoms with E-state index in [4.69, 9.17) is 5.11 Å². The second-order valence-electron chi connectivity index (χ2n) is 6.70. The van der Waals surface area contributed by atoms with Crippen molar-refractivity contribution in [2.24, 2.45) is 0 Å². The van der Waals surface area contributed by atoms with Crippen LogP contribution in [0.1, 0.15) is 37.0 Å². The number of carbonyl (C=O) groups excluding carboxylic acids is 1. The molecule has 1 N–H and O–H groups in total. The Morgan fingerprint density at radius 2 is 1.88 bits per heavy atom. The standard InChI is InChI=1S/C18H22N2O3S/c1-18(2,3)17-19-14(12-24-17)9-15(21)20(11-16(22)23)10-13-7-5-4-6-8-13/h4-8,12H,9-11H2,1-3H3,(H,22,23). The molecule has 5 nitrogen and oxygen atoms in total. The highest BCUT2D eigenvalue weighted by molar-refractivity contribution is 7.09. The van der Waals surface area contributed by atoms with Gasteiger partial charge >= 0.3 is 5.97 Å². The Labute approximate surface area is 146 Å². The number of hydrogen-bond acceptors (Lipinski definition) is 4. The largest absolute Gasteiger partial charge is 0.480 e. The molecule has 2 aromatic rings. The van der Waals surface area contributed by atoms with E-state index in [1.807, 2.05) is 35.7 Å². The van der Waals surface area contributed by atoms with Gasteiger partial charge in [0.05, 0.1) is 17.1 Å². The summed E-state index contributed by atoms with van der Waals surface area (Å²) >= 11 is 1.53. The monoisotopic (exact) mass is 346 g/mol. The Morgan fingerprint density at radius 3 is 2.42 bits per heavy atom. The molecule has 0 radical (unpaired) electrons. The molecule has 0 aliphatic carbocycles. The zero-order chi connectivity index (χ0) is 17.7. The van der Waals surface area contributed by atoms with Crippen LogP contribution in [0.25, 0.3) is 0 Å². The van der Waals surface area contributed by atoms with Crippen LogP contribution < -0.4 is 0 Å². The molecule has 128 valence electrons. The molecule has 0 atom stereocenters. The van der Waals surface area contributed by atoms with E-state index >= 15 is 0 Å². The minimum atomic E-state index is -1.02.